The molecule has 1 aliphatic heterocycles. The second-order valence-electron chi connectivity index (χ2n) is 15.1. The molecule has 10 nitrogen and oxygen atoms in total. The third-order valence-electron chi connectivity index (χ3n) is 9.92. The first-order valence-corrected chi connectivity index (χ1v) is 22.4. The molecular weight excluding hydrogens is 725 g/mol. The second-order valence-corrected chi connectivity index (χ2v) is 15.1. The summed E-state index contributed by atoms with van der Waals surface area (Å²) >= 11 is 0. The highest BCUT2D eigenvalue weighted by Crippen LogP contribution is 2.22. The first-order valence-electron chi connectivity index (χ1n) is 22.4. The van der Waals surface area contributed by atoms with E-state index in [-0.39, 0.29) is 26.1 Å². The van der Waals surface area contributed by atoms with Crippen LogP contribution in [0.15, 0.2) is 60.8 Å². The van der Waals surface area contributed by atoms with Crippen LogP contribution in [0.1, 0.15) is 168 Å². The molecule has 0 amide bonds. The minimum Gasteiger partial charge on any atom is -0.462 e. The van der Waals surface area contributed by atoms with Crippen LogP contribution in [0.2, 0.25) is 0 Å². The van der Waals surface area contributed by atoms with Crippen molar-refractivity contribution in [3.8, 4) is 0 Å². The van der Waals surface area contributed by atoms with Crippen molar-refractivity contribution in [2.24, 2.45) is 0 Å². The summed E-state index contributed by atoms with van der Waals surface area (Å²) in [6.45, 7) is 3.25. The largest absolute Gasteiger partial charge is 0.462 e. The van der Waals surface area contributed by atoms with Gasteiger partial charge in [-0.3, -0.25) is 9.59 Å². The molecule has 1 saturated heterocycles. The summed E-state index contributed by atoms with van der Waals surface area (Å²) in [6.07, 6.45) is 38.0. The number of aliphatic hydroxyl groups excluding tert-OH is 4. The van der Waals surface area contributed by atoms with Crippen LogP contribution < -0.4 is 0 Å². The summed E-state index contributed by atoms with van der Waals surface area (Å²) in [6, 6.07) is 0. The lowest BCUT2D eigenvalue weighted by Crippen LogP contribution is -2.59. The molecule has 10 heteroatoms. The number of allylic oxidation sites excluding steroid dienone is 10. The van der Waals surface area contributed by atoms with Crippen molar-refractivity contribution in [3.63, 3.8) is 0 Å². The molecule has 6 atom stereocenters. The summed E-state index contributed by atoms with van der Waals surface area (Å²) in [5, 5.41) is 40.1. The smallest absolute Gasteiger partial charge is 0.306 e. The number of carbonyl (C=O) groups excluding carboxylic acids is 2. The summed E-state index contributed by atoms with van der Waals surface area (Å²) in [5.41, 5.74) is 0. The number of carbonyl (C=O) groups is 2. The molecule has 1 rings (SSSR count). The Morgan fingerprint density at radius 2 is 1.04 bits per heavy atom. The molecule has 6 unspecified atom stereocenters. The Morgan fingerprint density at radius 1 is 0.561 bits per heavy atom. The number of rotatable bonds is 36. The van der Waals surface area contributed by atoms with Gasteiger partial charge in [0.05, 0.1) is 13.2 Å². The molecule has 0 radical (unpaired) electrons. The van der Waals surface area contributed by atoms with E-state index in [1.807, 2.05) is 6.08 Å². The highest BCUT2D eigenvalue weighted by molar-refractivity contribution is 5.70. The number of ether oxygens (including phenoxy) is 4. The van der Waals surface area contributed by atoms with E-state index in [0.29, 0.717) is 12.8 Å². The zero-order chi connectivity index (χ0) is 41.6. The van der Waals surface area contributed by atoms with Gasteiger partial charge in [-0.05, 0) is 51.4 Å². The molecule has 1 heterocycles. The maximum Gasteiger partial charge on any atom is 0.306 e. The van der Waals surface area contributed by atoms with Crippen LogP contribution in [-0.4, -0.2) is 89.0 Å². The molecule has 0 aromatic carbocycles. The zero-order valence-corrected chi connectivity index (χ0v) is 35.6. The predicted octanol–water partition coefficient (Wildman–Crippen LogP) is 9.44. The number of unbranched alkanes of at least 4 members (excludes halogenated alkanes) is 15. The monoisotopic (exact) mass is 805 g/mol. The topological polar surface area (TPSA) is 152 Å². The van der Waals surface area contributed by atoms with Gasteiger partial charge in [0.25, 0.3) is 0 Å². The average Bonchev–Trinajstić information content (AvgIpc) is 3.21. The molecular formula is C47H80O10. The van der Waals surface area contributed by atoms with E-state index in [4.69, 9.17) is 18.9 Å². The zero-order valence-electron chi connectivity index (χ0n) is 35.6. The third-order valence-corrected chi connectivity index (χ3v) is 9.92. The first kappa shape index (κ1) is 52.4. The first-order chi connectivity index (χ1) is 27.8. The molecule has 0 aromatic rings. The van der Waals surface area contributed by atoms with Crippen LogP contribution in [0.25, 0.3) is 0 Å². The number of aliphatic hydroxyl groups is 4. The minimum atomic E-state index is -1.61. The van der Waals surface area contributed by atoms with Crippen molar-refractivity contribution >= 4 is 11.9 Å². The Kier molecular flexibility index (Phi) is 34.6. The molecule has 0 bridgehead atoms. The lowest BCUT2D eigenvalue weighted by Gasteiger charge is -2.39. The van der Waals surface area contributed by atoms with Gasteiger partial charge in [-0.1, -0.05) is 164 Å². The van der Waals surface area contributed by atoms with E-state index in [0.717, 1.165) is 51.4 Å². The van der Waals surface area contributed by atoms with E-state index >= 15 is 0 Å². The average molecular weight is 805 g/mol. The standard InChI is InChI=1S/C47H80O10/c1-3-5-7-9-11-13-15-17-19-20-22-24-26-28-30-32-34-36-43(50)56-40(39-55-47-46(53)45(52)44(51)41(37-48)57-47)38-54-42(49)35-33-31-29-27-25-23-21-18-16-14-12-10-8-6-4-2/h5,7,11,13,17,19,22,24,28,30,40-41,44-48,51-53H,3-4,6,8-10,12,14-16,18,20-21,23,25-27,29,31-39H2,1-2H3/b7-5-,13-11-,19-17-,24-22-,30-28-. The molecule has 0 spiro atoms. The van der Waals surface area contributed by atoms with Crippen molar-refractivity contribution in [2.45, 2.75) is 205 Å². The highest BCUT2D eigenvalue weighted by Gasteiger charge is 2.44. The number of hydrogen-bond acceptors (Lipinski definition) is 10. The van der Waals surface area contributed by atoms with E-state index in [1.54, 1.807) is 0 Å². The van der Waals surface area contributed by atoms with E-state index in [9.17, 15) is 30.0 Å². The van der Waals surface area contributed by atoms with Crippen molar-refractivity contribution in [2.75, 3.05) is 19.8 Å². The van der Waals surface area contributed by atoms with Gasteiger partial charge in [0.2, 0.25) is 0 Å². The Bertz CT molecular complexity index is 1110. The molecule has 328 valence electrons. The number of esters is 2. The molecule has 1 fully saturated rings. The summed E-state index contributed by atoms with van der Waals surface area (Å²) < 4.78 is 22.1. The summed E-state index contributed by atoms with van der Waals surface area (Å²) in [4.78, 5) is 25.3. The number of hydrogen-bond donors (Lipinski definition) is 4. The fourth-order valence-corrected chi connectivity index (χ4v) is 6.40. The van der Waals surface area contributed by atoms with Crippen LogP contribution in [0.4, 0.5) is 0 Å². The molecule has 1 aliphatic rings. The lowest BCUT2D eigenvalue weighted by molar-refractivity contribution is -0.305. The maximum atomic E-state index is 12.7. The normalized spacial score (nSPS) is 20.8. The summed E-state index contributed by atoms with van der Waals surface area (Å²) in [7, 11) is 0. The van der Waals surface area contributed by atoms with Crippen LogP contribution >= 0.6 is 0 Å². The van der Waals surface area contributed by atoms with Gasteiger partial charge in [-0.2, -0.15) is 0 Å². The Labute approximate surface area is 345 Å². The Balaban J connectivity index is 2.38. The fraction of sp³-hybridized carbons (Fsp3) is 0.745. The van der Waals surface area contributed by atoms with Gasteiger partial charge in [-0.25, -0.2) is 0 Å². The van der Waals surface area contributed by atoms with Crippen molar-refractivity contribution < 1.29 is 49.0 Å². The van der Waals surface area contributed by atoms with E-state index in [1.165, 1.54) is 77.0 Å². The Hall–Kier alpha value is -2.60. The molecule has 57 heavy (non-hydrogen) atoms. The van der Waals surface area contributed by atoms with Crippen molar-refractivity contribution in [3.05, 3.63) is 60.8 Å². The maximum absolute atomic E-state index is 12.7. The molecule has 0 aromatic heterocycles. The summed E-state index contributed by atoms with van der Waals surface area (Å²) in [5.74, 6) is -0.875. The van der Waals surface area contributed by atoms with Crippen molar-refractivity contribution in [1.29, 1.82) is 0 Å². The highest BCUT2D eigenvalue weighted by atomic mass is 16.7. The van der Waals surface area contributed by atoms with Gasteiger partial charge in [0.15, 0.2) is 12.4 Å². The van der Waals surface area contributed by atoms with Gasteiger partial charge in [0, 0.05) is 12.8 Å². The minimum absolute atomic E-state index is 0.151. The van der Waals surface area contributed by atoms with Gasteiger partial charge in [0.1, 0.15) is 31.0 Å². The van der Waals surface area contributed by atoms with Gasteiger partial charge < -0.3 is 39.4 Å². The van der Waals surface area contributed by atoms with Gasteiger partial charge in [-0.15, -0.1) is 0 Å². The van der Waals surface area contributed by atoms with Gasteiger partial charge >= 0.3 is 11.9 Å². The third kappa shape index (κ3) is 29.3. The Morgan fingerprint density at radius 3 is 1.54 bits per heavy atom. The lowest BCUT2D eigenvalue weighted by atomic mass is 9.99. The van der Waals surface area contributed by atoms with Crippen LogP contribution in [-0.2, 0) is 28.5 Å². The quantitative estimate of drug-likeness (QED) is 0.0274. The van der Waals surface area contributed by atoms with E-state index in [2.05, 4.69) is 68.5 Å². The van der Waals surface area contributed by atoms with Crippen LogP contribution in [0.5, 0.6) is 0 Å². The molecule has 0 aliphatic carbocycles. The molecule has 4 N–H and O–H groups in total. The SMILES string of the molecule is CC/C=C\C/C=C\C/C=C\C/C=C\C/C=C\CCCC(=O)OC(COC(=O)CCCCCCCCCCCCCCCCC)COC1OC(CO)C(O)C(O)C1O. The van der Waals surface area contributed by atoms with E-state index < -0.39 is 55.4 Å². The fourth-order valence-electron chi connectivity index (χ4n) is 6.40. The van der Waals surface area contributed by atoms with Crippen molar-refractivity contribution in [1.82, 2.24) is 0 Å². The van der Waals surface area contributed by atoms with Crippen LogP contribution in [0.3, 0.4) is 0 Å². The molecule has 0 saturated carbocycles. The van der Waals surface area contributed by atoms with Crippen LogP contribution in [0, 0.1) is 0 Å². The second kappa shape index (κ2) is 37.7. The predicted molar refractivity (Wildman–Crippen MR) is 228 cm³/mol.